The van der Waals surface area contributed by atoms with Crippen LogP contribution in [0.15, 0.2) is 28.8 Å². The first-order valence-corrected chi connectivity index (χ1v) is 12.5. The van der Waals surface area contributed by atoms with Gasteiger partial charge in [0.05, 0.1) is 11.2 Å². The molecule has 2 aliphatic heterocycles. The number of aromatic nitrogens is 4. The lowest BCUT2D eigenvalue weighted by molar-refractivity contribution is 0.0586. The van der Waals surface area contributed by atoms with Crippen LogP contribution in [0.1, 0.15) is 74.8 Å². The van der Waals surface area contributed by atoms with E-state index < -0.39 is 0 Å². The fourth-order valence-electron chi connectivity index (χ4n) is 5.51. The van der Waals surface area contributed by atoms with Crippen LogP contribution >= 0.6 is 0 Å². The molecular formula is C25H33N5O2. The minimum absolute atomic E-state index is 0.350. The SMILES string of the molecule is c1ccc2c(c1)c(C1CCC1)nn2-c1noc(C2CCN(CCC3CCOCC3)CC2)n1. The molecule has 0 radical (unpaired) electrons. The van der Waals surface area contributed by atoms with E-state index in [0.29, 0.717) is 17.8 Å². The fraction of sp³-hybridized carbons (Fsp3) is 0.640. The highest BCUT2D eigenvalue weighted by atomic mass is 16.5. The van der Waals surface area contributed by atoms with Gasteiger partial charge < -0.3 is 14.2 Å². The summed E-state index contributed by atoms with van der Waals surface area (Å²) in [4.78, 5) is 7.41. The Morgan fingerprint density at radius 1 is 0.938 bits per heavy atom. The largest absolute Gasteiger partial charge is 0.381 e. The third-order valence-electron chi connectivity index (χ3n) is 7.86. The van der Waals surface area contributed by atoms with Gasteiger partial charge in [-0.2, -0.15) is 14.8 Å². The van der Waals surface area contributed by atoms with Gasteiger partial charge >= 0.3 is 0 Å². The molecule has 1 aromatic carbocycles. The summed E-state index contributed by atoms with van der Waals surface area (Å²) in [7, 11) is 0. The number of rotatable bonds is 6. The number of fused-ring (bicyclic) bond motifs is 1. The Labute approximate surface area is 189 Å². The minimum atomic E-state index is 0.350. The van der Waals surface area contributed by atoms with Crippen LogP contribution in [-0.4, -0.2) is 57.7 Å². The van der Waals surface area contributed by atoms with Crippen LogP contribution in [0.25, 0.3) is 16.9 Å². The predicted molar refractivity (Wildman–Crippen MR) is 122 cm³/mol. The fourth-order valence-corrected chi connectivity index (χ4v) is 5.51. The van der Waals surface area contributed by atoms with Crippen molar-refractivity contribution in [2.75, 3.05) is 32.8 Å². The lowest BCUT2D eigenvalue weighted by Crippen LogP contribution is -2.35. The molecule has 6 rings (SSSR count). The van der Waals surface area contributed by atoms with Crippen molar-refractivity contribution in [1.82, 2.24) is 24.8 Å². The number of hydrogen-bond acceptors (Lipinski definition) is 6. The Morgan fingerprint density at radius 3 is 2.53 bits per heavy atom. The van der Waals surface area contributed by atoms with Gasteiger partial charge in [0, 0.05) is 30.4 Å². The van der Waals surface area contributed by atoms with Gasteiger partial charge in [0.25, 0.3) is 5.95 Å². The minimum Gasteiger partial charge on any atom is -0.381 e. The maximum atomic E-state index is 5.75. The average molecular weight is 436 g/mol. The van der Waals surface area contributed by atoms with Gasteiger partial charge in [0.1, 0.15) is 0 Å². The second-order valence-corrected chi connectivity index (χ2v) is 9.83. The predicted octanol–water partition coefficient (Wildman–Crippen LogP) is 4.67. The Hall–Kier alpha value is -2.25. The molecule has 1 aliphatic carbocycles. The smallest absolute Gasteiger partial charge is 0.291 e. The van der Waals surface area contributed by atoms with Gasteiger partial charge in [-0.15, -0.1) is 0 Å². The van der Waals surface area contributed by atoms with Crippen molar-refractivity contribution in [3.05, 3.63) is 35.9 Å². The molecule has 2 aromatic heterocycles. The number of hydrogen-bond donors (Lipinski definition) is 0. The van der Waals surface area contributed by atoms with E-state index >= 15 is 0 Å². The number of para-hydroxylation sites is 1. The quantitative estimate of drug-likeness (QED) is 0.560. The topological polar surface area (TPSA) is 69.2 Å². The molecule has 3 aromatic rings. The zero-order valence-electron chi connectivity index (χ0n) is 18.8. The third-order valence-corrected chi connectivity index (χ3v) is 7.86. The molecule has 4 heterocycles. The molecule has 0 atom stereocenters. The normalized spacial score (nSPS) is 21.9. The molecule has 32 heavy (non-hydrogen) atoms. The second-order valence-electron chi connectivity index (χ2n) is 9.83. The monoisotopic (exact) mass is 435 g/mol. The van der Waals surface area contributed by atoms with Crippen molar-refractivity contribution in [1.29, 1.82) is 0 Å². The average Bonchev–Trinajstić information content (AvgIpc) is 3.44. The van der Waals surface area contributed by atoms with Crippen molar-refractivity contribution in [3.8, 4) is 5.95 Å². The van der Waals surface area contributed by atoms with E-state index in [1.165, 1.54) is 56.1 Å². The summed E-state index contributed by atoms with van der Waals surface area (Å²) in [5.41, 5.74) is 2.26. The van der Waals surface area contributed by atoms with Crippen LogP contribution in [0.2, 0.25) is 0 Å². The van der Waals surface area contributed by atoms with Gasteiger partial charge in [-0.1, -0.05) is 24.6 Å². The number of nitrogens with zero attached hydrogens (tertiary/aromatic N) is 5. The summed E-state index contributed by atoms with van der Waals surface area (Å²) in [5.74, 6) is 3.10. The number of benzene rings is 1. The molecule has 3 fully saturated rings. The molecule has 0 N–H and O–H groups in total. The Balaban J connectivity index is 1.12. The van der Waals surface area contributed by atoms with Gasteiger partial charge in [0.2, 0.25) is 5.89 Å². The van der Waals surface area contributed by atoms with E-state index in [0.717, 1.165) is 56.5 Å². The highest BCUT2D eigenvalue weighted by Gasteiger charge is 2.29. The zero-order valence-corrected chi connectivity index (χ0v) is 18.8. The van der Waals surface area contributed by atoms with E-state index in [1.54, 1.807) is 0 Å². The molecule has 0 bridgehead atoms. The highest BCUT2D eigenvalue weighted by molar-refractivity contribution is 5.83. The van der Waals surface area contributed by atoms with Crippen molar-refractivity contribution in [2.45, 2.75) is 63.2 Å². The first kappa shape index (κ1) is 20.4. The molecule has 1 saturated carbocycles. The van der Waals surface area contributed by atoms with Crippen molar-refractivity contribution >= 4 is 10.9 Å². The van der Waals surface area contributed by atoms with Crippen molar-refractivity contribution in [3.63, 3.8) is 0 Å². The second kappa shape index (κ2) is 8.94. The molecule has 0 spiro atoms. The number of likely N-dealkylation sites (tertiary alicyclic amines) is 1. The first-order valence-electron chi connectivity index (χ1n) is 12.5. The summed E-state index contributed by atoms with van der Waals surface area (Å²) in [6, 6.07) is 8.43. The maximum absolute atomic E-state index is 5.75. The van der Waals surface area contributed by atoms with Crippen LogP contribution in [-0.2, 0) is 4.74 Å². The summed E-state index contributed by atoms with van der Waals surface area (Å²) < 4.78 is 13.1. The van der Waals surface area contributed by atoms with Crippen molar-refractivity contribution < 1.29 is 9.26 Å². The number of ether oxygens (including phenoxy) is 1. The molecular weight excluding hydrogens is 402 g/mol. The molecule has 2 saturated heterocycles. The molecule has 0 amide bonds. The van der Waals surface area contributed by atoms with Crippen LogP contribution in [0.3, 0.4) is 0 Å². The third kappa shape index (κ3) is 3.97. The number of piperidine rings is 1. The van der Waals surface area contributed by atoms with Gasteiger partial charge in [-0.05, 0) is 81.7 Å². The van der Waals surface area contributed by atoms with Crippen LogP contribution in [0, 0.1) is 5.92 Å². The summed E-state index contributed by atoms with van der Waals surface area (Å²) >= 11 is 0. The van der Waals surface area contributed by atoms with Crippen LogP contribution in [0.4, 0.5) is 0 Å². The van der Waals surface area contributed by atoms with E-state index in [2.05, 4.69) is 34.3 Å². The highest BCUT2D eigenvalue weighted by Crippen LogP contribution is 2.39. The maximum Gasteiger partial charge on any atom is 0.291 e. The summed E-state index contributed by atoms with van der Waals surface area (Å²) in [6.07, 6.45) is 9.68. The van der Waals surface area contributed by atoms with Crippen LogP contribution < -0.4 is 0 Å². The van der Waals surface area contributed by atoms with E-state index in [-0.39, 0.29) is 0 Å². The zero-order chi connectivity index (χ0) is 21.3. The van der Waals surface area contributed by atoms with E-state index in [9.17, 15) is 0 Å². The molecule has 7 heteroatoms. The standard InChI is InChI=1S/C25H33N5O2/c1-2-7-22-21(6-1)23(19-4-3-5-19)27-30(22)25-26-24(32-28-25)20-9-14-29(15-10-20)13-8-18-11-16-31-17-12-18/h1-2,6-7,18-20H,3-5,8-17H2. The van der Waals surface area contributed by atoms with Crippen molar-refractivity contribution in [2.24, 2.45) is 5.92 Å². The molecule has 170 valence electrons. The molecule has 7 nitrogen and oxygen atoms in total. The summed E-state index contributed by atoms with van der Waals surface area (Å²) in [5, 5.41) is 10.5. The van der Waals surface area contributed by atoms with Gasteiger partial charge in [-0.3, -0.25) is 0 Å². The Bertz CT molecular complexity index is 1040. The van der Waals surface area contributed by atoms with E-state index in [1.807, 2.05) is 4.68 Å². The Morgan fingerprint density at radius 2 is 1.75 bits per heavy atom. The molecule has 0 unspecified atom stereocenters. The molecule has 3 aliphatic rings. The van der Waals surface area contributed by atoms with E-state index in [4.69, 9.17) is 19.3 Å². The lowest BCUT2D eigenvalue weighted by Gasteiger charge is -2.32. The Kier molecular flexibility index (Phi) is 5.69. The summed E-state index contributed by atoms with van der Waals surface area (Å²) in [6.45, 7) is 5.32. The van der Waals surface area contributed by atoms with Gasteiger partial charge in [0.15, 0.2) is 0 Å². The first-order chi connectivity index (χ1) is 15.8. The van der Waals surface area contributed by atoms with Gasteiger partial charge in [-0.25, -0.2) is 0 Å². The van der Waals surface area contributed by atoms with Crippen LogP contribution in [0.5, 0.6) is 0 Å². The lowest BCUT2D eigenvalue weighted by atomic mass is 9.82.